The predicted molar refractivity (Wildman–Crippen MR) is 120 cm³/mol. The van der Waals surface area contributed by atoms with Gasteiger partial charge in [0.05, 0.1) is 4.90 Å². The van der Waals surface area contributed by atoms with E-state index in [0.717, 1.165) is 40.7 Å². The molecule has 32 heavy (non-hydrogen) atoms. The zero-order valence-electron chi connectivity index (χ0n) is 17.5. The zero-order chi connectivity index (χ0) is 22.9. The van der Waals surface area contributed by atoms with Crippen LogP contribution in [0.15, 0.2) is 59.9 Å². The van der Waals surface area contributed by atoms with Crippen molar-refractivity contribution in [3.8, 4) is 22.3 Å². The van der Waals surface area contributed by atoms with Crippen LogP contribution in [0.25, 0.3) is 22.3 Å². The molecule has 10 heteroatoms. The lowest BCUT2D eigenvalue weighted by atomic mass is 9.99. The number of nitrogens with zero attached hydrogens (tertiary/aromatic N) is 4. The Balaban J connectivity index is 1.64. The van der Waals surface area contributed by atoms with Gasteiger partial charge in [0.25, 0.3) is 10.0 Å². The highest BCUT2D eigenvalue weighted by Gasteiger charge is 2.23. The van der Waals surface area contributed by atoms with Crippen molar-refractivity contribution in [1.82, 2.24) is 14.4 Å². The van der Waals surface area contributed by atoms with Crippen molar-refractivity contribution >= 4 is 21.9 Å². The van der Waals surface area contributed by atoms with Gasteiger partial charge < -0.3 is 5.73 Å². The molecule has 0 atom stereocenters. The van der Waals surface area contributed by atoms with Gasteiger partial charge in [0.2, 0.25) is 0 Å². The molecule has 166 valence electrons. The second kappa shape index (κ2) is 8.65. The number of pyridine rings is 2. The second-order valence-electron chi connectivity index (χ2n) is 7.43. The monoisotopic (exact) mass is 453 g/mol. The molecule has 1 aliphatic heterocycles. The fourth-order valence-corrected chi connectivity index (χ4v) is 4.77. The summed E-state index contributed by atoms with van der Waals surface area (Å²) in [6.45, 7) is 2.07. The van der Waals surface area contributed by atoms with Crippen molar-refractivity contribution in [3.05, 3.63) is 60.6 Å². The maximum Gasteiger partial charge on any atom is 0.320 e. The van der Waals surface area contributed by atoms with Crippen LogP contribution in [-0.4, -0.2) is 47.2 Å². The zero-order valence-corrected chi connectivity index (χ0v) is 18.3. The van der Waals surface area contributed by atoms with Gasteiger partial charge >= 0.3 is 6.03 Å². The summed E-state index contributed by atoms with van der Waals surface area (Å²) in [5.74, 6) is 0.596. The summed E-state index contributed by atoms with van der Waals surface area (Å²) in [7, 11) is -3.93. The van der Waals surface area contributed by atoms with Crippen LogP contribution in [0.3, 0.4) is 0 Å². The molecule has 2 aromatic heterocycles. The van der Waals surface area contributed by atoms with Gasteiger partial charge in [-0.1, -0.05) is 16.6 Å². The Morgan fingerprint density at radius 2 is 1.75 bits per heavy atom. The second-order valence-corrected chi connectivity index (χ2v) is 9.27. The normalized spacial score (nSPS) is 13.8. The minimum Gasteiger partial charge on any atom is -0.351 e. The summed E-state index contributed by atoms with van der Waals surface area (Å²) >= 11 is 0. The molecule has 2 amide bonds. The van der Waals surface area contributed by atoms with E-state index in [1.165, 1.54) is 17.0 Å². The molecule has 1 aliphatic rings. The molecule has 0 bridgehead atoms. The Labute approximate surface area is 186 Å². The van der Waals surface area contributed by atoms with Gasteiger partial charge in [-0.3, -0.25) is 15.1 Å². The maximum absolute atomic E-state index is 12.3. The Bertz CT molecular complexity index is 1260. The number of amides is 2. The van der Waals surface area contributed by atoms with Crippen molar-refractivity contribution in [2.24, 2.45) is 5.73 Å². The van der Waals surface area contributed by atoms with E-state index < -0.39 is 16.1 Å². The average Bonchev–Trinajstić information content (AvgIpc) is 2.82. The van der Waals surface area contributed by atoms with Gasteiger partial charge in [-0.25, -0.2) is 18.2 Å². The van der Waals surface area contributed by atoms with Crippen molar-refractivity contribution in [2.45, 2.75) is 24.7 Å². The maximum atomic E-state index is 12.3. The predicted octanol–water partition coefficient (Wildman–Crippen LogP) is 3.04. The average molecular weight is 454 g/mol. The highest BCUT2D eigenvalue weighted by Crippen LogP contribution is 2.31. The third kappa shape index (κ3) is 4.07. The van der Waals surface area contributed by atoms with Gasteiger partial charge in [-0.2, -0.15) is 0 Å². The highest BCUT2D eigenvalue weighted by molar-refractivity contribution is 7.89. The van der Waals surface area contributed by atoms with Crippen LogP contribution in [0.2, 0.25) is 0 Å². The van der Waals surface area contributed by atoms with E-state index in [1.54, 1.807) is 37.6 Å². The number of carbonyl (C=O) groups excluding carboxylic acids is 1. The van der Waals surface area contributed by atoms with Crippen LogP contribution in [0.1, 0.15) is 18.9 Å². The number of urea groups is 1. The van der Waals surface area contributed by atoms with Crippen molar-refractivity contribution in [1.29, 1.82) is 0 Å². The number of nitrogens with two attached hydrogens (primary N) is 1. The smallest absolute Gasteiger partial charge is 0.320 e. The summed E-state index contributed by atoms with van der Waals surface area (Å²) in [5.41, 5.74) is 9.71. The van der Waals surface area contributed by atoms with E-state index >= 15 is 0 Å². The molecule has 3 heterocycles. The molecular formula is C22H23N5O4S. The van der Waals surface area contributed by atoms with Crippen LogP contribution < -0.4 is 10.6 Å². The molecular weight excluding hydrogens is 430 g/mol. The molecule has 0 unspecified atom stereocenters. The number of hydrogen-bond acceptors (Lipinski definition) is 6. The fraction of sp³-hybridized carbons (Fsp3) is 0.227. The molecule has 0 spiro atoms. The molecule has 3 N–H and O–H groups in total. The third-order valence-electron chi connectivity index (χ3n) is 5.40. The quantitative estimate of drug-likeness (QED) is 0.571. The number of aromatic nitrogens is 2. The molecule has 3 aromatic rings. The first-order valence-corrected chi connectivity index (χ1v) is 11.6. The summed E-state index contributed by atoms with van der Waals surface area (Å²) in [5, 5.41) is 9.62. The number of fused-ring (bicyclic) bond motifs is 1. The van der Waals surface area contributed by atoms with E-state index in [4.69, 9.17) is 5.73 Å². The van der Waals surface area contributed by atoms with E-state index in [2.05, 4.69) is 9.97 Å². The summed E-state index contributed by atoms with van der Waals surface area (Å²) in [6.07, 6.45) is 6.74. The van der Waals surface area contributed by atoms with Crippen molar-refractivity contribution in [3.63, 3.8) is 0 Å². The van der Waals surface area contributed by atoms with E-state index in [0.29, 0.717) is 16.8 Å². The molecule has 0 saturated carbocycles. The lowest BCUT2D eigenvalue weighted by Crippen LogP contribution is -2.40. The molecule has 1 aromatic carbocycles. The van der Waals surface area contributed by atoms with E-state index in [9.17, 15) is 18.4 Å². The highest BCUT2D eigenvalue weighted by atomic mass is 32.2. The number of sulfonamides is 1. The Morgan fingerprint density at radius 1 is 1.09 bits per heavy atom. The number of hydroxylamine groups is 1. The van der Waals surface area contributed by atoms with E-state index in [1.807, 2.05) is 12.1 Å². The SMILES string of the molecule is CCN(O)S(=O)(=O)c1ccc(-c2cncc(-c3cnc4c(c3)CCCN4C(N)=O)c2)cc1. The van der Waals surface area contributed by atoms with E-state index in [-0.39, 0.29) is 11.4 Å². The van der Waals surface area contributed by atoms with Crippen LogP contribution in [0.4, 0.5) is 10.6 Å². The first-order valence-electron chi connectivity index (χ1n) is 10.1. The van der Waals surface area contributed by atoms with Gasteiger partial charge in [-0.15, -0.1) is 0 Å². The lowest BCUT2D eigenvalue weighted by molar-refractivity contribution is 0.00858. The third-order valence-corrected chi connectivity index (χ3v) is 7.08. The molecule has 0 saturated heterocycles. The van der Waals surface area contributed by atoms with Crippen LogP contribution in [-0.2, 0) is 16.4 Å². The topological polar surface area (TPSA) is 130 Å². The van der Waals surface area contributed by atoms with Gasteiger partial charge in [0.1, 0.15) is 5.82 Å². The van der Waals surface area contributed by atoms with Gasteiger partial charge in [0.15, 0.2) is 0 Å². The first kappa shape index (κ1) is 21.9. The fourth-order valence-electron chi connectivity index (χ4n) is 3.70. The van der Waals surface area contributed by atoms with Gasteiger partial charge in [-0.05, 0) is 55.2 Å². The number of carbonyl (C=O) groups is 1. The number of primary amides is 1. The Morgan fingerprint density at radius 3 is 2.41 bits per heavy atom. The lowest BCUT2D eigenvalue weighted by Gasteiger charge is -2.26. The number of rotatable bonds is 5. The Hall–Kier alpha value is -3.34. The molecule has 9 nitrogen and oxygen atoms in total. The Kier molecular flexibility index (Phi) is 5.92. The summed E-state index contributed by atoms with van der Waals surface area (Å²) in [4.78, 5) is 21.9. The van der Waals surface area contributed by atoms with Crippen LogP contribution in [0, 0.1) is 0 Å². The molecule has 0 radical (unpaired) electrons. The number of benzene rings is 1. The standard InChI is InChI=1S/C22H23N5O4S/c1-2-27(29)32(30,31)20-7-5-15(6-8-20)17-11-18(13-24-12-17)19-10-16-4-3-9-26(22(23)28)21(16)25-14-19/h5-8,10-14,29H,2-4,9H2,1H3,(H2,23,28). The number of anilines is 1. The van der Waals surface area contributed by atoms with Crippen molar-refractivity contribution in [2.75, 3.05) is 18.0 Å². The van der Waals surface area contributed by atoms with Crippen LogP contribution in [0.5, 0.6) is 0 Å². The number of aryl methyl sites for hydroxylation is 1. The van der Waals surface area contributed by atoms with Crippen molar-refractivity contribution < 1.29 is 18.4 Å². The van der Waals surface area contributed by atoms with Gasteiger partial charge in [0, 0.05) is 48.4 Å². The largest absolute Gasteiger partial charge is 0.351 e. The molecule has 4 rings (SSSR count). The summed E-state index contributed by atoms with van der Waals surface area (Å²) < 4.78 is 24.8. The minimum atomic E-state index is -3.93. The number of hydrogen-bond donors (Lipinski definition) is 2. The summed E-state index contributed by atoms with van der Waals surface area (Å²) in [6, 6.07) is 9.68. The first-order chi connectivity index (χ1) is 15.3. The minimum absolute atomic E-state index is 0.00704. The molecule has 0 fully saturated rings. The van der Waals surface area contributed by atoms with Crippen LogP contribution >= 0.6 is 0 Å². The molecule has 0 aliphatic carbocycles.